The molecule has 27 heavy (non-hydrogen) atoms. The molecule has 6 heteroatoms. The molecule has 0 atom stereocenters. The number of aromatic nitrogens is 2. The Bertz CT molecular complexity index is 982. The number of amides is 1. The number of hydrogen-bond acceptors (Lipinski definition) is 4. The smallest absolute Gasteiger partial charge is 0.258 e. The van der Waals surface area contributed by atoms with E-state index in [0.717, 1.165) is 11.3 Å². The lowest BCUT2D eigenvalue weighted by atomic mass is 10.2. The van der Waals surface area contributed by atoms with Gasteiger partial charge >= 0.3 is 0 Å². The summed E-state index contributed by atoms with van der Waals surface area (Å²) in [5, 5.41) is 3.42. The summed E-state index contributed by atoms with van der Waals surface area (Å²) in [5.74, 6) is 1.37. The van der Waals surface area contributed by atoms with Crippen molar-refractivity contribution >= 4 is 16.8 Å². The molecule has 2 N–H and O–H groups in total. The maximum atomic E-state index is 12.0. The first-order valence-electron chi connectivity index (χ1n) is 9.06. The second-order valence-electron chi connectivity index (χ2n) is 6.40. The molecule has 2 aromatic carbocycles. The van der Waals surface area contributed by atoms with Crippen LogP contribution in [0.3, 0.4) is 0 Å². The van der Waals surface area contributed by atoms with Crippen molar-refractivity contribution in [3.63, 3.8) is 0 Å². The van der Waals surface area contributed by atoms with Gasteiger partial charge in [0.25, 0.3) is 5.56 Å². The van der Waals surface area contributed by atoms with E-state index in [1.54, 1.807) is 6.07 Å². The van der Waals surface area contributed by atoms with Gasteiger partial charge in [-0.25, -0.2) is 4.98 Å². The SMILES string of the molecule is Cc1cccc(OCCNC(=O)CCCc2nc3ccccc3c(=O)[nH]2)c1. The second kappa shape index (κ2) is 8.98. The summed E-state index contributed by atoms with van der Waals surface area (Å²) in [6.45, 7) is 2.89. The number of fused-ring (bicyclic) bond motifs is 1. The van der Waals surface area contributed by atoms with Crippen molar-refractivity contribution in [2.75, 3.05) is 13.2 Å². The predicted molar refractivity (Wildman–Crippen MR) is 105 cm³/mol. The van der Waals surface area contributed by atoms with Crippen LogP contribution >= 0.6 is 0 Å². The molecule has 1 heterocycles. The highest BCUT2D eigenvalue weighted by Crippen LogP contribution is 2.11. The summed E-state index contributed by atoms with van der Waals surface area (Å²) in [5.41, 5.74) is 1.67. The molecule has 0 fully saturated rings. The summed E-state index contributed by atoms with van der Waals surface area (Å²) >= 11 is 0. The number of rotatable bonds is 8. The van der Waals surface area contributed by atoms with Crippen LogP contribution in [0.1, 0.15) is 24.2 Å². The number of aryl methyl sites for hydroxylation is 2. The Balaban J connectivity index is 1.39. The van der Waals surface area contributed by atoms with Gasteiger partial charge in [-0.1, -0.05) is 24.3 Å². The summed E-state index contributed by atoms with van der Waals surface area (Å²) < 4.78 is 5.60. The van der Waals surface area contributed by atoms with E-state index in [1.807, 2.05) is 49.4 Å². The third-order valence-electron chi connectivity index (χ3n) is 4.16. The number of H-pyrrole nitrogens is 1. The Morgan fingerprint density at radius 2 is 2.04 bits per heavy atom. The Kier molecular flexibility index (Phi) is 6.20. The fourth-order valence-electron chi connectivity index (χ4n) is 2.82. The number of benzene rings is 2. The average Bonchev–Trinajstić information content (AvgIpc) is 2.65. The highest BCUT2D eigenvalue weighted by molar-refractivity contribution is 5.77. The molecule has 1 amide bonds. The van der Waals surface area contributed by atoms with Crippen LogP contribution in [-0.4, -0.2) is 29.0 Å². The third kappa shape index (κ3) is 5.41. The van der Waals surface area contributed by atoms with E-state index in [9.17, 15) is 9.59 Å². The van der Waals surface area contributed by atoms with Gasteiger partial charge in [-0.15, -0.1) is 0 Å². The lowest BCUT2D eigenvalue weighted by Gasteiger charge is -2.08. The van der Waals surface area contributed by atoms with Gasteiger partial charge in [0, 0.05) is 12.8 Å². The van der Waals surface area contributed by atoms with Gasteiger partial charge in [-0.2, -0.15) is 0 Å². The number of para-hydroxylation sites is 1. The van der Waals surface area contributed by atoms with Crippen LogP contribution in [0.4, 0.5) is 0 Å². The quantitative estimate of drug-likeness (QED) is 0.601. The molecule has 0 unspecified atom stereocenters. The van der Waals surface area contributed by atoms with E-state index < -0.39 is 0 Å². The molecule has 0 saturated carbocycles. The van der Waals surface area contributed by atoms with Gasteiger partial charge in [-0.05, 0) is 43.2 Å². The zero-order valence-electron chi connectivity index (χ0n) is 15.3. The highest BCUT2D eigenvalue weighted by atomic mass is 16.5. The van der Waals surface area contributed by atoms with E-state index in [2.05, 4.69) is 15.3 Å². The summed E-state index contributed by atoms with van der Waals surface area (Å²) in [6, 6.07) is 15.0. The van der Waals surface area contributed by atoms with E-state index >= 15 is 0 Å². The number of carbonyl (C=O) groups excluding carboxylic acids is 1. The topological polar surface area (TPSA) is 84.1 Å². The third-order valence-corrected chi connectivity index (χ3v) is 4.16. The summed E-state index contributed by atoms with van der Waals surface area (Å²) in [7, 11) is 0. The van der Waals surface area contributed by atoms with Crippen LogP contribution in [0, 0.1) is 6.92 Å². The first kappa shape index (κ1) is 18.6. The molecule has 140 valence electrons. The van der Waals surface area contributed by atoms with E-state index in [-0.39, 0.29) is 11.5 Å². The molecule has 0 bridgehead atoms. The minimum atomic E-state index is -0.145. The number of nitrogens with one attached hydrogen (secondary N) is 2. The van der Waals surface area contributed by atoms with E-state index in [0.29, 0.717) is 49.1 Å². The molecule has 0 aliphatic carbocycles. The van der Waals surface area contributed by atoms with Gasteiger partial charge in [-0.3, -0.25) is 9.59 Å². The molecule has 0 aliphatic rings. The lowest BCUT2D eigenvalue weighted by Crippen LogP contribution is -2.28. The molecular formula is C21H23N3O3. The standard InChI is InChI=1S/C21H23N3O3/c1-15-6-4-7-16(14-15)27-13-12-22-20(25)11-5-10-19-23-18-9-3-2-8-17(18)21(26)24-19/h2-4,6-9,14H,5,10-13H2,1H3,(H,22,25)(H,23,24,26). The highest BCUT2D eigenvalue weighted by Gasteiger charge is 2.05. The fourth-order valence-corrected chi connectivity index (χ4v) is 2.82. The Labute approximate surface area is 157 Å². The minimum absolute atomic E-state index is 0.0361. The number of aromatic amines is 1. The van der Waals surface area contributed by atoms with Crippen LogP contribution in [0.5, 0.6) is 5.75 Å². The van der Waals surface area contributed by atoms with Gasteiger partial charge in [0.1, 0.15) is 18.2 Å². The molecule has 6 nitrogen and oxygen atoms in total. The summed E-state index contributed by atoms with van der Waals surface area (Å²) in [6.07, 6.45) is 1.54. The van der Waals surface area contributed by atoms with Crippen molar-refractivity contribution in [3.05, 3.63) is 70.3 Å². The summed E-state index contributed by atoms with van der Waals surface area (Å²) in [4.78, 5) is 31.2. The van der Waals surface area contributed by atoms with Gasteiger partial charge in [0.15, 0.2) is 0 Å². The first-order chi connectivity index (χ1) is 13.1. The molecule has 3 aromatic rings. The van der Waals surface area contributed by atoms with Crippen molar-refractivity contribution in [2.24, 2.45) is 0 Å². The lowest BCUT2D eigenvalue weighted by molar-refractivity contribution is -0.121. The van der Waals surface area contributed by atoms with Crippen molar-refractivity contribution in [2.45, 2.75) is 26.2 Å². The van der Waals surface area contributed by atoms with Gasteiger partial charge in [0.05, 0.1) is 17.4 Å². The molecular weight excluding hydrogens is 342 g/mol. The monoisotopic (exact) mass is 365 g/mol. The van der Waals surface area contributed by atoms with Gasteiger partial charge in [0.2, 0.25) is 5.91 Å². The van der Waals surface area contributed by atoms with Crippen molar-refractivity contribution < 1.29 is 9.53 Å². The van der Waals surface area contributed by atoms with Gasteiger partial charge < -0.3 is 15.0 Å². The Hall–Kier alpha value is -3.15. The first-order valence-corrected chi connectivity index (χ1v) is 9.06. The zero-order valence-corrected chi connectivity index (χ0v) is 15.3. The van der Waals surface area contributed by atoms with E-state index in [1.165, 1.54) is 0 Å². The average molecular weight is 365 g/mol. The predicted octanol–water partition coefficient (Wildman–Crippen LogP) is 2.75. The molecule has 3 rings (SSSR count). The number of hydrogen-bond donors (Lipinski definition) is 2. The largest absolute Gasteiger partial charge is 0.492 e. The van der Waals surface area contributed by atoms with Crippen LogP contribution < -0.4 is 15.6 Å². The number of nitrogens with zero attached hydrogens (tertiary/aromatic N) is 1. The Morgan fingerprint density at radius 1 is 1.19 bits per heavy atom. The molecule has 0 spiro atoms. The number of ether oxygens (including phenoxy) is 1. The molecule has 1 aromatic heterocycles. The van der Waals surface area contributed by atoms with Crippen LogP contribution in [0.15, 0.2) is 53.3 Å². The molecule has 0 radical (unpaired) electrons. The van der Waals surface area contributed by atoms with Crippen molar-refractivity contribution in [1.29, 1.82) is 0 Å². The normalized spacial score (nSPS) is 10.7. The van der Waals surface area contributed by atoms with Crippen LogP contribution in [0.25, 0.3) is 10.9 Å². The second-order valence-corrected chi connectivity index (χ2v) is 6.40. The molecule has 0 aliphatic heterocycles. The zero-order chi connectivity index (χ0) is 19.1. The van der Waals surface area contributed by atoms with Crippen molar-refractivity contribution in [1.82, 2.24) is 15.3 Å². The number of carbonyl (C=O) groups is 1. The van der Waals surface area contributed by atoms with E-state index in [4.69, 9.17) is 4.74 Å². The Morgan fingerprint density at radius 3 is 2.89 bits per heavy atom. The maximum Gasteiger partial charge on any atom is 0.258 e. The van der Waals surface area contributed by atoms with Crippen LogP contribution in [-0.2, 0) is 11.2 Å². The minimum Gasteiger partial charge on any atom is -0.492 e. The van der Waals surface area contributed by atoms with Crippen molar-refractivity contribution in [3.8, 4) is 5.75 Å². The maximum absolute atomic E-state index is 12.0. The van der Waals surface area contributed by atoms with Crippen LogP contribution in [0.2, 0.25) is 0 Å². The molecule has 0 saturated heterocycles. The fraction of sp³-hybridized carbons (Fsp3) is 0.286.